The summed E-state index contributed by atoms with van der Waals surface area (Å²) in [4.78, 5) is 18.0. The third-order valence-electron chi connectivity index (χ3n) is 3.39. The number of aliphatic imine (C=N–C) groups is 1. The number of nitrogens with zero attached hydrogens (tertiary/aromatic N) is 4. The van der Waals surface area contributed by atoms with Crippen molar-refractivity contribution in [3.05, 3.63) is 12.3 Å². The van der Waals surface area contributed by atoms with Gasteiger partial charge in [-0.25, -0.2) is 9.67 Å². The number of fused-ring (bicyclic) bond motifs is 1. The Balaban J connectivity index is 1.54. The maximum atomic E-state index is 11.1. The molecule has 1 atom stereocenters. The lowest BCUT2D eigenvalue weighted by Crippen LogP contribution is -2.44. The predicted octanol–water partition coefficient (Wildman–Crippen LogP) is -0.190. The summed E-state index contributed by atoms with van der Waals surface area (Å²) >= 11 is 1.65. The molecule has 8 heteroatoms. The number of hydrogen-bond acceptors (Lipinski definition) is 7. The van der Waals surface area contributed by atoms with Gasteiger partial charge in [-0.05, 0) is 0 Å². The number of aldehydes is 1. The van der Waals surface area contributed by atoms with Crippen LogP contribution in [0.2, 0.25) is 0 Å². The monoisotopic (exact) mass is 294 g/mol. The molecule has 0 bridgehead atoms. The van der Waals surface area contributed by atoms with Gasteiger partial charge in [0.15, 0.2) is 23.4 Å². The van der Waals surface area contributed by atoms with Crippen LogP contribution in [0.25, 0.3) is 0 Å². The first-order chi connectivity index (χ1) is 9.86. The molecule has 1 aromatic heterocycles. The van der Waals surface area contributed by atoms with Crippen LogP contribution in [0.1, 0.15) is 6.17 Å². The second-order valence-corrected chi connectivity index (χ2v) is 5.80. The molecular formula is C12H18N6OS. The fourth-order valence-electron chi connectivity index (χ4n) is 2.31. The Morgan fingerprint density at radius 2 is 2.30 bits per heavy atom. The van der Waals surface area contributed by atoms with Crippen molar-refractivity contribution in [1.82, 2.24) is 25.3 Å². The molecule has 108 valence electrons. The van der Waals surface area contributed by atoms with E-state index in [1.54, 1.807) is 22.6 Å². The van der Waals surface area contributed by atoms with E-state index in [1.807, 2.05) is 6.07 Å². The molecule has 1 saturated heterocycles. The smallest absolute Gasteiger partial charge is 0.180 e. The highest BCUT2D eigenvalue weighted by atomic mass is 32.2. The van der Waals surface area contributed by atoms with Gasteiger partial charge < -0.3 is 10.6 Å². The number of rotatable bonds is 4. The lowest BCUT2D eigenvalue weighted by molar-refractivity contribution is -0.111. The topological polar surface area (TPSA) is 74.6 Å². The van der Waals surface area contributed by atoms with E-state index in [2.05, 4.69) is 25.6 Å². The van der Waals surface area contributed by atoms with Crippen LogP contribution in [0.5, 0.6) is 0 Å². The number of aromatic nitrogens is 2. The Kier molecular flexibility index (Phi) is 4.34. The van der Waals surface area contributed by atoms with Crippen LogP contribution in [-0.2, 0) is 4.79 Å². The first-order valence-electron chi connectivity index (χ1n) is 6.77. The second kappa shape index (κ2) is 6.38. The first-order valence-corrected chi connectivity index (χ1v) is 7.75. The minimum Gasteiger partial charge on any atom is -0.337 e. The van der Waals surface area contributed by atoms with Gasteiger partial charge in [0.25, 0.3) is 0 Å². The van der Waals surface area contributed by atoms with Crippen LogP contribution in [0, 0.1) is 0 Å². The third kappa shape index (κ3) is 3.02. The minimum atomic E-state index is -0.445. The summed E-state index contributed by atoms with van der Waals surface area (Å²) in [6.45, 7) is 5.37. The zero-order valence-electron chi connectivity index (χ0n) is 11.2. The van der Waals surface area contributed by atoms with Gasteiger partial charge in [-0.3, -0.25) is 9.69 Å². The fraction of sp³-hybridized carbons (Fsp3) is 0.583. The van der Waals surface area contributed by atoms with Gasteiger partial charge in [0.2, 0.25) is 0 Å². The van der Waals surface area contributed by atoms with E-state index in [0.29, 0.717) is 0 Å². The van der Waals surface area contributed by atoms with E-state index in [0.717, 1.165) is 55.7 Å². The van der Waals surface area contributed by atoms with Gasteiger partial charge in [0, 0.05) is 44.5 Å². The maximum absolute atomic E-state index is 11.1. The van der Waals surface area contributed by atoms with Crippen molar-refractivity contribution in [2.24, 2.45) is 4.99 Å². The van der Waals surface area contributed by atoms with E-state index in [9.17, 15) is 4.79 Å². The molecule has 2 aliphatic heterocycles. The number of hydrogen-bond donors (Lipinski definition) is 2. The van der Waals surface area contributed by atoms with Gasteiger partial charge >= 0.3 is 0 Å². The zero-order valence-corrected chi connectivity index (χ0v) is 12.0. The van der Waals surface area contributed by atoms with Crippen LogP contribution in [0.3, 0.4) is 0 Å². The van der Waals surface area contributed by atoms with Crippen LogP contribution < -0.4 is 10.6 Å². The molecule has 0 aliphatic carbocycles. The van der Waals surface area contributed by atoms with E-state index >= 15 is 0 Å². The maximum Gasteiger partial charge on any atom is 0.180 e. The molecule has 2 aliphatic rings. The van der Waals surface area contributed by atoms with Crippen molar-refractivity contribution in [2.45, 2.75) is 6.17 Å². The largest absolute Gasteiger partial charge is 0.337 e. The summed E-state index contributed by atoms with van der Waals surface area (Å²) < 4.78 is 1.59. The molecule has 1 aromatic rings. The average molecular weight is 294 g/mol. The number of piperazine rings is 1. The van der Waals surface area contributed by atoms with Gasteiger partial charge in [0.05, 0.1) is 6.20 Å². The number of thioether (sulfide) groups is 1. The quantitative estimate of drug-likeness (QED) is 0.750. The number of carbonyl (C=O) groups excluding carboxylic acids is 1. The lowest BCUT2D eigenvalue weighted by Gasteiger charge is -2.27. The standard InChI is InChI=1S/C12H18N6OS/c19-9-11-16-12(15-10-1-2-14-18(10)11)20-8-7-17-5-3-13-4-6-17/h1-2,9,11,13H,3-8H2,(H,15,16). The Labute approximate surface area is 121 Å². The van der Waals surface area contributed by atoms with Crippen LogP contribution in [-0.4, -0.2) is 64.6 Å². The van der Waals surface area contributed by atoms with Crippen LogP contribution >= 0.6 is 11.8 Å². The highest BCUT2D eigenvalue weighted by molar-refractivity contribution is 8.13. The van der Waals surface area contributed by atoms with Crippen molar-refractivity contribution in [1.29, 1.82) is 0 Å². The summed E-state index contributed by atoms with van der Waals surface area (Å²) in [5.41, 5.74) is 0. The normalized spacial score (nSPS) is 22.8. The Bertz CT molecular complexity index is 496. The summed E-state index contributed by atoms with van der Waals surface area (Å²) in [7, 11) is 0. The highest BCUT2D eigenvalue weighted by Crippen LogP contribution is 2.22. The SMILES string of the molecule is O=CC1NC(SCCN2CCNCC2)=Nc2ccnn21. The summed E-state index contributed by atoms with van der Waals surface area (Å²) in [6.07, 6.45) is 2.06. The van der Waals surface area contributed by atoms with E-state index in [1.165, 1.54) is 0 Å². The van der Waals surface area contributed by atoms with Crippen molar-refractivity contribution in [2.75, 3.05) is 38.5 Å². The minimum absolute atomic E-state index is 0.445. The number of carbonyl (C=O) groups is 1. The molecule has 3 rings (SSSR count). The van der Waals surface area contributed by atoms with Crippen molar-refractivity contribution < 1.29 is 4.79 Å². The third-order valence-corrected chi connectivity index (χ3v) is 4.25. The molecule has 3 heterocycles. The molecular weight excluding hydrogens is 276 g/mol. The lowest BCUT2D eigenvalue weighted by atomic mass is 10.4. The highest BCUT2D eigenvalue weighted by Gasteiger charge is 2.21. The van der Waals surface area contributed by atoms with Gasteiger partial charge in [-0.2, -0.15) is 5.10 Å². The number of amidine groups is 1. The summed E-state index contributed by atoms with van der Waals surface area (Å²) in [5.74, 6) is 1.69. The second-order valence-electron chi connectivity index (χ2n) is 4.72. The van der Waals surface area contributed by atoms with Crippen LogP contribution in [0.4, 0.5) is 5.82 Å². The Morgan fingerprint density at radius 3 is 3.10 bits per heavy atom. The molecule has 0 aromatic carbocycles. The molecule has 2 N–H and O–H groups in total. The molecule has 0 spiro atoms. The molecule has 0 amide bonds. The Hall–Kier alpha value is -1.38. The summed E-state index contributed by atoms with van der Waals surface area (Å²) in [5, 5.41) is 11.3. The number of nitrogens with one attached hydrogen (secondary N) is 2. The summed E-state index contributed by atoms with van der Waals surface area (Å²) in [6, 6.07) is 1.81. The van der Waals surface area contributed by atoms with Gasteiger partial charge in [-0.1, -0.05) is 11.8 Å². The predicted molar refractivity (Wildman–Crippen MR) is 79.3 cm³/mol. The van der Waals surface area contributed by atoms with E-state index in [-0.39, 0.29) is 0 Å². The van der Waals surface area contributed by atoms with E-state index < -0.39 is 6.17 Å². The molecule has 20 heavy (non-hydrogen) atoms. The molecule has 1 unspecified atom stereocenters. The molecule has 0 radical (unpaired) electrons. The van der Waals surface area contributed by atoms with Gasteiger partial charge in [-0.15, -0.1) is 0 Å². The van der Waals surface area contributed by atoms with E-state index in [4.69, 9.17) is 0 Å². The van der Waals surface area contributed by atoms with Crippen molar-refractivity contribution >= 4 is 29.0 Å². The van der Waals surface area contributed by atoms with Crippen molar-refractivity contribution in [3.63, 3.8) is 0 Å². The van der Waals surface area contributed by atoms with Crippen LogP contribution in [0.15, 0.2) is 17.3 Å². The van der Waals surface area contributed by atoms with Crippen molar-refractivity contribution in [3.8, 4) is 0 Å². The molecule has 1 fully saturated rings. The average Bonchev–Trinajstić information content (AvgIpc) is 2.96. The zero-order chi connectivity index (χ0) is 13.8. The first kappa shape index (κ1) is 13.6. The Morgan fingerprint density at radius 1 is 1.45 bits per heavy atom. The molecule has 0 saturated carbocycles. The molecule has 7 nitrogen and oxygen atoms in total. The fourth-order valence-corrected chi connectivity index (χ4v) is 3.21. The van der Waals surface area contributed by atoms with Gasteiger partial charge in [0.1, 0.15) is 0 Å².